The zero-order valence-corrected chi connectivity index (χ0v) is 16.1. The van der Waals surface area contributed by atoms with Crippen molar-refractivity contribution in [1.82, 2.24) is 10.6 Å². The number of methoxy groups -OCH3 is 1. The third kappa shape index (κ3) is 5.98. The van der Waals surface area contributed by atoms with Gasteiger partial charge in [0, 0.05) is 6.04 Å². The quantitative estimate of drug-likeness (QED) is 0.711. The van der Waals surface area contributed by atoms with Crippen LogP contribution >= 0.6 is 0 Å². The summed E-state index contributed by atoms with van der Waals surface area (Å²) in [6.45, 7) is 3.32. The summed E-state index contributed by atoms with van der Waals surface area (Å²) >= 11 is 0. The van der Waals surface area contributed by atoms with Gasteiger partial charge in [0.05, 0.1) is 12.7 Å². The molecule has 0 heterocycles. The summed E-state index contributed by atoms with van der Waals surface area (Å²) in [4.78, 5) is 36.4. The first kappa shape index (κ1) is 20.7. The average molecular weight is 376 g/mol. The number of esters is 1. The van der Waals surface area contributed by atoms with Crippen molar-refractivity contribution in [2.24, 2.45) is 5.92 Å². The molecule has 148 valence electrons. The molecule has 2 N–H and O–H groups in total. The molecule has 0 radical (unpaired) electrons. The SMILES string of the molecule is COc1ccccc1C(=O)NCC(=O)O[C@H](C)C(=O)N[C@@H]1CCCC[C@@H]1C. The van der Waals surface area contributed by atoms with Crippen molar-refractivity contribution in [3.63, 3.8) is 0 Å². The molecule has 7 heteroatoms. The lowest BCUT2D eigenvalue weighted by molar-refractivity contribution is -0.154. The van der Waals surface area contributed by atoms with E-state index in [0.29, 0.717) is 17.2 Å². The number of para-hydroxylation sites is 1. The van der Waals surface area contributed by atoms with Gasteiger partial charge in [-0.05, 0) is 37.8 Å². The van der Waals surface area contributed by atoms with E-state index in [1.54, 1.807) is 24.3 Å². The van der Waals surface area contributed by atoms with Crippen LogP contribution in [0.4, 0.5) is 0 Å². The number of benzene rings is 1. The topological polar surface area (TPSA) is 93.7 Å². The highest BCUT2D eigenvalue weighted by molar-refractivity contribution is 5.98. The number of hydrogen-bond donors (Lipinski definition) is 2. The van der Waals surface area contributed by atoms with Crippen molar-refractivity contribution in [2.45, 2.75) is 51.7 Å². The molecule has 0 aliphatic heterocycles. The molecule has 2 amide bonds. The van der Waals surface area contributed by atoms with E-state index in [-0.39, 0.29) is 18.5 Å². The van der Waals surface area contributed by atoms with Crippen LogP contribution in [0.5, 0.6) is 5.75 Å². The van der Waals surface area contributed by atoms with Gasteiger partial charge in [-0.3, -0.25) is 14.4 Å². The molecule has 0 spiro atoms. The highest BCUT2D eigenvalue weighted by atomic mass is 16.5. The minimum atomic E-state index is -0.908. The summed E-state index contributed by atoms with van der Waals surface area (Å²) in [5, 5.41) is 5.44. The van der Waals surface area contributed by atoms with Gasteiger partial charge in [0.15, 0.2) is 6.10 Å². The summed E-state index contributed by atoms with van der Waals surface area (Å²) in [6, 6.07) is 6.83. The zero-order valence-electron chi connectivity index (χ0n) is 16.1. The first-order valence-electron chi connectivity index (χ1n) is 9.33. The molecule has 2 rings (SSSR count). The second-order valence-corrected chi connectivity index (χ2v) is 6.89. The van der Waals surface area contributed by atoms with E-state index in [1.807, 2.05) is 0 Å². The Hall–Kier alpha value is -2.57. The molecule has 1 aromatic carbocycles. The molecular weight excluding hydrogens is 348 g/mol. The summed E-state index contributed by atoms with van der Waals surface area (Å²) in [6.07, 6.45) is 3.41. The highest BCUT2D eigenvalue weighted by Gasteiger charge is 2.26. The van der Waals surface area contributed by atoms with E-state index in [0.717, 1.165) is 19.3 Å². The van der Waals surface area contributed by atoms with Gasteiger partial charge in [-0.25, -0.2) is 0 Å². The predicted molar refractivity (Wildman–Crippen MR) is 100 cm³/mol. The number of hydrogen-bond acceptors (Lipinski definition) is 5. The maximum absolute atomic E-state index is 12.2. The van der Waals surface area contributed by atoms with Crippen LogP contribution in [0.15, 0.2) is 24.3 Å². The summed E-state index contributed by atoms with van der Waals surface area (Å²) in [5.74, 6) is -0.586. The Balaban J connectivity index is 1.79. The van der Waals surface area contributed by atoms with Crippen molar-refractivity contribution in [2.75, 3.05) is 13.7 Å². The number of amides is 2. The average Bonchev–Trinajstić information content (AvgIpc) is 2.67. The molecule has 1 aromatic rings. The standard InChI is InChI=1S/C20H28N2O5/c1-13-8-4-6-10-16(13)22-19(24)14(2)27-18(23)12-21-20(25)15-9-5-7-11-17(15)26-3/h5,7,9,11,13-14,16H,4,6,8,10,12H2,1-3H3,(H,21,25)(H,22,24)/t13-,14+,16+/m0/s1. The summed E-state index contributed by atoms with van der Waals surface area (Å²) < 4.78 is 10.3. The minimum Gasteiger partial charge on any atom is -0.496 e. The normalized spacial score (nSPS) is 20.3. The molecule has 7 nitrogen and oxygen atoms in total. The van der Waals surface area contributed by atoms with Gasteiger partial charge in [0.2, 0.25) is 0 Å². The fraction of sp³-hybridized carbons (Fsp3) is 0.550. The molecule has 1 aliphatic carbocycles. The molecule has 0 bridgehead atoms. The second-order valence-electron chi connectivity index (χ2n) is 6.89. The molecule has 1 aliphatic rings. The Bertz CT molecular complexity index is 676. The Morgan fingerprint density at radius 2 is 1.89 bits per heavy atom. The number of nitrogens with one attached hydrogen (secondary N) is 2. The largest absolute Gasteiger partial charge is 0.496 e. The molecule has 3 atom stereocenters. The molecule has 1 fully saturated rings. The number of rotatable bonds is 7. The van der Waals surface area contributed by atoms with E-state index in [9.17, 15) is 14.4 Å². The third-order valence-corrected chi connectivity index (χ3v) is 4.86. The monoisotopic (exact) mass is 376 g/mol. The minimum absolute atomic E-state index is 0.123. The third-order valence-electron chi connectivity index (χ3n) is 4.86. The van der Waals surface area contributed by atoms with Gasteiger partial charge in [0.1, 0.15) is 12.3 Å². The lowest BCUT2D eigenvalue weighted by atomic mass is 9.86. The van der Waals surface area contributed by atoms with Gasteiger partial charge in [0.25, 0.3) is 11.8 Å². The zero-order chi connectivity index (χ0) is 19.8. The van der Waals surface area contributed by atoms with Crippen LogP contribution in [0, 0.1) is 5.92 Å². The maximum Gasteiger partial charge on any atom is 0.326 e. The van der Waals surface area contributed by atoms with Crippen molar-refractivity contribution in [3.8, 4) is 5.75 Å². The highest BCUT2D eigenvalue weighted by Crippen LogP contribution is 2.23. The second kappa shape index (κ2) is 9.94. The van der Waals surface area contributed by atoms with Crippen LogP contribution in [-0.4, -0.2) is 43.6 Å². The van der Waals surface area contributed by atoms with Crippen molar-refractivity contribution in [3.05, 3.63) is 29.8 Å². The molecular formula is C20H28N2O5. The smallest absolute Gasteiger partial charge is 0.326 e. The van der Waals surface area contributed by atoms with Crippen LogP contribution in [0.2, 0.25) is 0 Å². The van der Waals surface area contributed by atoms with E-state index >= 15 is 0 Å². The predicted octanol–water partition coefficient (Wildman–Crippen LogP) is 2.05. The number of carbonyl (C=O) groups is 3. The van der Waals surface area contributed by atoms with Crippen LogP contribution in [0.3, 0.4) is 0 Å². The van der Waals surface area contributed by atoms with Crippen molar-refractivity contribution >= 4 is 17.8 Å². The van der Waals surface area contributed by atoms with E-state index < -0.39 is 18.0 Å². The van der Waals surface area contributed by atoms with Crippen LogP contribution in [-0.2, 0) is 14.3 Å². The van der Waals surface area contributed by atoms with Crippen LogP contribution in [0.25, 0.3) is 0 Å². The first-order chi connectivity index (χ1) is 12.9. The lowest BCUT2D eigenvalue weighted by Gasteiger charge is -2.30. The number of carbonyl (C=O) groups excluding carboxylic acids is 3. The number of ether oxygens (including phenoxy) is 2. The van der Waals surface area contributed by atoms with E-state index in [1.165, 1.54) is 20.5 Å². The Labute approximate surface area is 159 Å². The Kier molecular flexibility index (Phi) is 7.64. The molecule has 27 heavy (non-hydrogen) atoms. The molecule has 0 unspecified atom stereocenters. The Morgan fingerprint density at radius 1 is 1.19 bits per heavy atom. The van der Waals surface area contributed by atoms with E-state index in [2.05, 4.69) is 17.6 Å². The van der Waals surface area contributed by atoms with Crippen molar-refractivity contribution in [1.29, 1.82) is 0 Å². The summed E-state index contributed by atoms with van der Waals surface area (Å²) in [5.41, 5.74) is 0.324. The maximum atomic E-state index is 12.2. The summed E-state index contributed by atoms with van der Waals surface area (Å²) in [7, 11) is 1.47. The van der Waals surface area contributed by atoms with Crippen LogP contribution in [0.1, 0.15) is 49.9 Å². The van der Waals surface area contributed by atoms with Crippen molar-refractivity contribution < 1.29 is 23.9 Å². The van der Waals surface area contributed by atoms with E-state index in [4.69, 9.17) is 9.47 Å². The fourth-order valence-corrected chi connectivity index (χ4v) is 3.20. The van der Waals surface area contributed by atoms with Gasteiger partial charge in [-0.1, -0.05) is 31.9 Å². The first-order valence-corrected chi connectivity index (χ1v) is 9.33. The Morgan fingerprint density at radius 3 is 2.59 bits per heavy atom. The van der Waals surface area contributed by atoms with Gasteiger partial charge < -0.3 is 20.1 Å². The lowest BCUT2D eigenvalue weighted by Crippen LogP contribution is -2.46. The molecule has 1 saturated carbocycles. The molecule has 0 saturated heterocycles. The molecule has 0 aromatic heterocycles. The van der Waals surface area contributed by atoms with Gasteiger partial charge in [-0.15, -0.1) is 0 Å². The fourth-order valence-electron chi connectivity index (χ4n) is 3.20. The van der Waals surface area contributed by atoms with Gasteiger partial charge in [-0.2, -0.15) is 0 Å². The van der Waals surface area contributed by atoms with Gasteiger partial charge >= 0.3 is 5.97 Å². The van der Waals surface area contributed by atoms with Crippen LogP contribution < -0.4 is 15.4 Å².